The second-order valence-corrected chi connectivity index (χ2v) is 8.54. The van der Waals surface area contributed by atoms with E-state index in [9.17, 15) is 4.79 Å². The minimum atomic E-state index is -0.432. The number of benzene rings is 1. The molecule has 10 heteroatoms. The first-order chi connectivity index (χ1) is 12.5. The summed E-state index contributed by atoms with van der Waals surface area (Å²) in [6.07, 6.45) is 3.24. The van der Waals surface area contributed by atoms with Crippen LogP contribution in [-0.4, -0.2) is 32.3 Å². The summed E-state index contributed by atoms with van der Waals surface area (Å²) >= 11 is 10.2. The number of thioether (sulfide) groups is 2. The van der Waals surface area contributed by atoms with E-state index in [1.165, 1.54) is 40.4 Å². The highest BCUT2D eigenvalue weighted by Gasteiger charge is 2.16. The molecule has 0 aliphatic rings. The number of amides is 1. The second-order valence-electron chi connectivity index (χ2n) is 5.15. The van der Waals surface area contributed by atoms with Crippen LogP contribution in [0.1, 0.15) is 21.6 Å². The SMILES string of the molecule is CSc1ncc(Cl)c(C(=O)Nc2nnc(SCc3ccc(C)cc3)s2)n1. The number of aromatic nitrogens is 4. The molecule has 0 aliphatic heterocycles. The monoisotopic (exact) mass is 423 g/mol. The van der Waals surface area contributed by atoms with Crippen molar-refractivity contribution in [2.24, 2.45) is 0 Å². The van der Waals surface area contributed by atoms with Crippen molar-refractivity contribution in [3.8, 4) is 0 Å². The summed E-state index contributed by atoms with van der Waals surface area (Å²) in [6, 6.07) is 8.34. The van der Waals surface area contributed by atoms with E-state index in [2.05, 4.69) is 56.7 Å². The Morgan fingerprint density at radius 2 is 2.04 bits per heavy atom. The molecular formula is C16H14ClN5OS3. The molecule has 134 valence electrons. The van der Waals surface area contributed by atoms with Crippen LogP contribution in [0.15, 0.2) is 40.0 Å². The Balaban J connectivity index is 1.63. The minimum absolute atomic E-state index is 0.120. The Morgan fingerprint density at radius 1 is 1.27 bits per heavy atom. The Labute approximate surface area is 168 Å². The van der Waals surface area contributed by atoms with E-state index in [1.807, 2.05) is 6.26 Å². The molecule has 0 saturated carbocycles. The number of nitrogens with one attached hydrogen (secondary N) is 1. The smallest absolute Gasteiger partial charge is 0.277 e. The Bertz CT molecular complexity index is 917. The third-order valence-electron chi connectivity index (χ3n) is 3.23. The molecule has 0 fully saturated rings. The maximum Gasteiger partial charge on any atom is 0.277 e. The van der Waals surface area contributed by atoms with Crippen molar-refractivity contribution in [3.05, 3.63) is 52.3 Å². The molecule has 1 aromatic carbocycles. The summed E-state index contributed by atoms with van der Waals surface area (Å²) in [7, 11) is 0. The molecule has 0 atom stereocenters. The number of anilines is 1. The number of hydrogen-bond donors (Lipinski definition) is 1. The second kappa shape index (κ2) is 8.81. The zero-order valence-corrected chi connectivity index (χ0v) is 17.1. The van der Waals surface area contributed by atoms with Crippen molar-refractivity contribution in [1.82, 2.24) is 20.2 Å². The average Bonchev–Trinajstić information content (AvgIpc) is 3.09. The predicted molar refractivity (Wildman–Crippen MR) is 107 cm³/mol. The first-order valence-corrected chi connectivity index (χ1v) is 10.9. The molecule has 0 unspecified atom stereocenters. The molecular weight excluding hydrogens is 410 g/mol. The third kappa shape index (κ3) is 4.94. The number of hydrogen-bond acceptors (Lipinski definition) is 8. The number of nitrogens with zero attached hydrogens (tertiary/aromatic N) is 4. The number of aryl methyl sites for hydroxylation is 1. The Kier molecular flexibility index (Phi) is 6.47. The van der Waals surface area contributed by atoms with E-state index < -0.39 is 5.91 Å². The standard InChI is InChI=1S/C16H14ClN5OS3/c1-9-3-5-10(6-4-9)8-25-16-22-21-15(26-16)20-13(23)12-11(17)7-18-14(19-12)24-2/h3-7H,8H2,1-2H3,(H,20,21,23). The summed E-state index contributed by atoms with van der Waals surface area (Å²) in [5.41, 5.74) is 2.56. The molecule has 3 rings (SSSR count). The summed E-state index contributed by atoms with van der Waals surface area (Å²) < 4.78 is 0.777. The molecule has 0 bridgehead atoms. The normalized spacial score (nSPS) is 10.7. The maximum atomic E-state index is 12.4. The van der Waals surface area contributed by atoms with E-state index in [1.54, 1.807) is 11.8 Å². The predicted octanol–water partition coefficient (Wildman–Crippen LogP) is 4.56. The van der Waals surface area contributed by atoms with Gasteiger partial charge in [-0.3, -0.25) is 10.1 Å². The van der Waals surface area contributed by atoms with Crippen molar-refractivity contribution in [2.75, 3.05) is 11.6 Å². The summed E-state index contributed by atoms with van der Waals surface area (Å²) in [6.45, 7) is 2.06. The fourth-order valence-electron chi connectivity index (χ4n) is 1.91. The third-order valence-corrected chi connectivity index (χ3v) is 6.11. The summed E-state index contributed by atoms with van der Waals surface area (Å²) in [5.74, 6) is 0.358. The maximum absolute atomic E-state index is 12.4. The zero-order chi connectivity index (χ0) is 18.5. The van der Waals surface area contributed by atoms with Gasteiger partial charge >= 0.3 is 0 Å². The van der Waals surface area contributed by atoms with Crippen molar-refractivity contribution in [1.29, 1.82) is 0 Å². The Hall–Kier alpha value is -1.68. The molecule has 0 aliphatic carbocycles. The number of halogens is 1. The highest BCUT2D eigenvalue weighted by atomic mass is 35.5. The minimum Gasteiger partial charge on any atom is -0.295 e. The van der Waals surface area contributed by atoms with Crippen LogP contribution in [0.4, 0.5) is 5.13 Å². The largest absolute Gasteiger partial charge is 0.295 e. The van der Waals surface area contributed by atoms with Crippen LogP contribution < -0.4 is 5.32 Å². The molecule has 0 radical (unpaired) electrons. The highest BCUT2D eigenvalue weighted by molar-refractivity contribution is 8.00. The first-order valence-electron chi connectivity index (χ1n) is 7.45. The summed E-state index contributed by atoms with van der Waals surface area (Å²) in [4.78, 5) is 20.5. The fraction of sp³-hybridized carbons (Fsp3) is 0.188. The van der Waals surface area contributed by atoms with Crippen molar-refractivity contribution >= 4 is 57.5 Å². The van der Waals surface area contributed by atoms with Gasteiger partial charge in [-0.1, -0.05) is 76.3 Å². The molecule has 1 N–H and O–H groups in total. The van der Waals surface area contributed by atoms with Crippen LogP contribution >= 0.6 is 46.5 Å². The van der Waals surface area contributed by atoms with Gasteiger partial charge in [0.1, 0.15) is 0 Å². The van der Waals surface area contributed by atoms with Gasteiger partial charge in [0.2, 0.25) is 5.13 Å². The molecule has 3 aromatic rings. The van der Waals surface area contributed by atoms with Crippen LogP contribution in [0.25, 0.3) is 0 Å². The average molecular weight is 424 g/mol. The van der Waals surface area contributed by atoms with Gasteiger partial charge in [0.25, 0.3) is 5.91 Å². The number of carbonyl (C=O) groups is 1. The highest BCUT2D eigenvalue weighted by Crippen LogP contribution is 2.29. The fourth-order valence-corrected chi connectivity index (χ4v) is 4.13. The van der Waals surface area contributed by atoms with E-state index in [-0.39, 0.29) is 10.7 Å². The topological polar surface area (TPSA) is 80.7 Å². The van der Waals surface area contributed by atoms with E-state index in [0.717, 1.165) is 10.1 Å². The van der Waals surface area contributed by atoms with Gasteiger partial charge in [-0.15, -0.1) is 10.2 Å². The van der Waals surface area contributed by atoms with Crippen molar-refractivity contribution in [3.63, 3.8) is 0 Å². The van der Waals surface area contributed by atoms with E-state index in [0.29, 0.717) is 10.3 Å². The van der Waals surface area contributed by atoms with Crippen LogP contribution in [-0.2, 0) is 5.75 Å². The van der Waals surface area contributed by atoms with Crippen LogP contribution in [0.2, 0.25) is 5.02 Å². The number of carbonyl (C=O) groups excluding carboxylic acids is 1. The molecule has 26 heavy (non-hydrogen) atoms. The van der Waals surface area contributed by atoms with Crippen molar-refractivity contribution < 1.29 is 4.79 Å². The molecule has 1 amide bonds. The lowest BCUT2D eigenvalue weighted by Crippen LogP contribution is -2.15. The Morgan fingerprint density at radius 3 is 2.77 bits per heavy atom. The van der Waals surface area contributed by atoms with Crippen LogP contribution in [0.3, 0.4) is 0 Å². The molecule has 0 saturated heterocycles. The van der Waals surface area contributed by atoms with E-state index >= 15 is 0 Å². The van der Waals surface area contributed by atoms with Gasteiger partial charge < -0.3 is 0 Å². The van der Waals surface area contributed by atoms with Gasteiger partial charge in [0.05, 0.1) is 11.2 Å². The zero-order valence-electron chi connectivity index (χ0n) is 13.9. The molecule has 2 aromatic heterocycles. The number of rotatable bonds is 6. The van der Waals surface area contributed by atoms with E-state index in [4.69, 9.17) is 11.6 Å². The van der Waals surface area contributed by atoms with Crippen LogP contribution in [0, 0.1) is 6.92 Å². The van der Waals surface area contributed by atoms with Gasteiger partial charge in [-0.05, 0) is 18.7 Å². The van der Waals surface area contributed by atoms with Crippen LogP contribution in [0.5, 0.6) is 0 Å². The van der Waals surface area contributed by atoms with Crippen molar-refractivity contribution in [2.45, 2.75) is 22.2 Å². The summed E-state index contributed by atoms with van der Waals surface area (Å²) in [5, 5.41) is 11.9. The van der Waals surface area contributed by atoms with Gasteiger partial charge in [-0.2, -0.15) is 0 Å². The quantitative estimate of drug-likeness (QED) is 0.353. The van der Waals surface area contributed by atoms with Gasteiger partial charge in [0, 0.05) is 5.75 Å². The van der Waals surface area contributed by atoms with Gasteiger partial charge in [0.15, 0.2) is 15.2 Å². The molecule has 2 heterocycles. The van der Waals surface area contributed by atoms with Gasteiger partial charge in [-0.25, -0.2) is 9.97 Å². The lowest BCUT2D eigenvalue weighted by molar-refractivity contribution is 0.102. The molecule has 0 spiro atoms. The lowest BCUT2D eigenvalue weighted by Gasteiger charge is -2.03. The molecule has 6 nitrogen and oxygen atoms in total. The first kappa shape index (κ1) is 19.1. The lowest BCUT2D eigenvalue weighted by atomic mass is 10.2.